The van der Waals surface area contributed by atoms with Crippen molar-refractivity contribution in [3.8, 4) is 5.75 Å². The molecule has 5 N–H and O–H groups in total. The van der Waals surface area contributed by atoms with Crippen molar-refractivity contribution in [1.82, 2.24) is 15.5 Å². The molecule has 4 aromatic rings. The number of methoxy groups -OCH3 is 1. The molecule has 344 valence electrons. The smallest absolute Gasteiger partial charge is 0.264 e. The molecule has 0 radical (unpaired) electrons. The lowest BCUT2D eigenvalue weighted by Gasteiger charge is -2.37. The summed E-state index contributed by atoms with van der Waals surface area (Å²) in [6.07, 6.45) is 2.87. The Morgan fingerprint density at radius 2 is 1.49 bits per heavy atom. The molecule has 3 saturated heterocycles. The van der Waals surface area contributed by atoms with E-state index in [0.29, 0.717) is 42.3 Å². The molecule has 14 heteroatoms. The van der Waals surface area contributed by atoms with Crippen LogP contribution < -0.4 is 36.1 Å². The van der Waals surface area contributed by atoms with Crippen LogP contribution in [0, 0.1) is 17.8 Å². The summed E-state index contributed by atoms with van der Waals surface area (Å²) in [5.41, 5.74) is 2.72. The van der Waals surface area contributed by atoms with E-state index in [1.165, 1.54) is 0 Å². The Balaban J connectivity index is 1.16. The summed E-state index contributed by atoms with van der Waals surface area (Å²) in [4.78, 5) is 60.4. The van der Waals surface area contributed by atoms with Gasteiger partial charge in [-0.3, -0.25) is 19.2 Å². The van der Waals surface area contributed by atoms with Gasteiger partial charge in [0.25, 0.3) is 5.91 Å². The van der Waals surface area contributed by atoms with Gasteiger partial charge in [-0.05, 0) is 97.9 Å². The first-order chi connectivity index (χ1) is 31.4. The summed E-state index contributed by atoms with van der Waals surface area (Å²) in [6.45, 7) is 10.3. The summed E-state index contributed by atoms with van der Waals surface area (Å²) in [5.74, 6) is -0.387. The third kappa shape index (κ3) is 9.64. The predicted molar refractivity (Wildman–Crippen MR) is 256 cm³/mol. The molecular formula is C51H64N6O7Si. The summed E-state index contributed by atoms with van der Waals surface area (Å²) < 4.78 is 12.9. The standard InChI is InChI=1S/C51H64N6O7Si/c1-34-47(65(3,4)42-21-19-41(63-2)20-22-42)45(29-46(59)56(26-27-58)32-35-10-6-5-7-11-35)64-51(34)43-28-40(55-49(61)38-13-9-25-53-31-38)18-23-44(43)57(50(51)62)33-36-14-16-39(17-15-36)54-48(60)37-12-8-24-52-30-37/h5-7,10-11,14-23,28,34,37-38,45,47,52-53,58H,8-9,12-13,24-27,29-33H2,1-4H3,(H,54,60)(H,55,61)/t34-,37?,38?,45+,47-,51+/m0/s1. The minimum absolute atomic E-state index is 0.00573. The topological polar surface area (TPSA) is 162 Å². The van der Waals surface area contributed by atoms with Gasteiger partial charge in [0.2, 0.25) is 17.7 Å². The Kier molecular flexibility index (Phi) is 14.2. The van der Waals surface area contributed by atoms with Crippen LogP contribution in [0.3, 0.4) is 0 Å². The number of ether oxygens (including phenoxy) is 2. The van der Waals surface area contributed by atoms with Crippen LogP contribution in [-0.2, 0) is 42.6 Å². The van der Waals surface area contributed by atoms with E-state index in [-0.39, 0.29) is 67.1 Å². The number of carbonyl (C=O) groups excluding carboxylic acids is 4. The monoisotopic (exact) mass is 900 g/mol. The van der Waals surface area contributed by atoms with Crippen LogP contribution in [-0.4, -0.2) is 94.3 Å². The van der Waals surface area contributed by atoms with E-state index in [4.69, 9.17) is 9.47 Å². The highest BCUT2D eigenvalue weighted by molar-refractivity contribution is 6.91. The highest BCUT2D eigenvalue weighted by Crippen LogP contribution is 2.60. The van der Waals surface area contributed by atoms with Crippen molar-refractivity contribution < 1.29 is 33.8 Å². The Morgan fingerprint density at radius 1 is 0.862 bits per heavy atom. The van der Waals surface area contributed by atoms with Crippen LogP contribution in [0.5, 0.6) is 5.75 Å². The lowest BCUT2D eigenvalue weighted by Crippen LogP contribution is -2.52. The van der Waals surface area contributed by atoms with Gasteiger partial charge in [0.15, 0.2) is 5.60 Å². The number of fused-ring (bicyclic) bond motifs is 2. The van der Waals surface area contributed by atoms with Crippen molar-refractivity contribution in [3.05, 3.63) is 114 Å². The van der Waals surface area contributed by atoms with E-state index in [0.717, 1.165) is 60.8 Å². The van der Waals surface area contributed by atoms with Gasteiger partial charge in [-0.1, -0.05) is 79.8 Å². The van der Waals surface area contributed by atoms with Crippen LogP contribution in [0.1, 0.15) is 55.7 Å². The van der Waals surface area contributed by atoms with Crippen molar-refractivity contribution in [3.63, 3.8) is 0 Å². The molecule has 0 aromatic heterocycles. The molecule has 0 aliphatic carbocycles. The molecule has 3 fully saturated rings. The van der Waals surface area contributed by atoms with Gasteiger partial charge in [-0.15, -0.1) is 0 Å². The Labute approximate surface area is 383 Å². The van der Waals surface area contributed by atoms with Crippen molar-refractivity contribution in [2.24, 2.45) is 17.8 Å². The molecule has 1 spiro atoms. The van der Waals surface area contributed by atoms with E-state index < -0.39 is 25.7 Å². The normalized spacial score (nSPS) is 24.1. The number of anilines is 3. The van der Waals surface area contributed by atoms with Crippen molar-refractivity contribution in [2.75, 3.05) is 62.0 Å². The zero-order valence-corrected chi connectivity index (χ0v) is 39.1. The third-order valence-electron chi connectivity index (χ3n) is 14.3. The van der Waals surface area contributed by atoms with Gasteiger partial charge in [0.05, 0.1) is 58.4 Å². The first-order valence-corrected chi connectivity index (χ1v) is 26.3. The number of nitrogens with one attached hydrogen (secondary N) is 4. The Morgan fingerprint density at radius 3 is 2.09 bits per heavy atom. The lowest BCUT2D eigenvalue weighted by atomic mass is 9.82. The average molecular weight is 901 g/mol. The number of amides is 4. The lowest BCUT2D eigenvalue weighted by molar-refractivity contribution is -0.150. The third-order valence-corrected chi connectivity index (χ3v) is 18.7. The molecule has 65 heavy (non-hydrogen) atoms. The fourth-order valence-corrected chi connectivity index (χ4v) is 14.8. The molecular weight excluding hydrogens is 837 g/mol. The van der Waals surface area contributed by atoms with Crippen LogP contribution in [0.2, 0.25) is 18.6 Å². The van der Waals surface area contributed by atoms with Gasteiger partial charge >= 0.3 is 0 Å². The number of aliphatic hydroxyl groups is 1. The van der Waals surface area contributed by atoms with E-state index in [2.05, 4.69) is 53.4 Å². The van der Waals surface area contributed by atoms with E-state index in [1.807, 2.05) is 84.9 Å². The summed E-state index contributed by atoms with van der Waals surface area (Å²) in [5, 5.41) is 24.2. The molecule has 0 saturated carbocycles. The Hall–Kier alpha value is -5.38. The number of nitrogens with zero attached hydrogens (tertiary/aromatic N) is 2. The van der Waals surface area contributed by atoms with Gasteiger partial charge in [-0.2, -0.15) is 0 Å². The number of rotatable bonds is 15. The number of carbonyl (C=O) groups is 4. The zero-order chi connectivity index (χ0) is 45.7. The first kappa shape index (κ1) is 46.2. The minimum Gasteiger partial charge on any atom is -0.497 e. The average Bonchev–Trinajstić information content (AvgIpc) is 3.75. The van der Waals surface area contributed by atoms with Gasteiger partial charge in [0.1, 0.15) is 5.75 Å². The zero-order valence-electron chi connectivity index (χ0n) is 38.1. The number of piperidine rings is 2. The molecule has 4 aromatic carbocycles. The molecule has 6 atom stereocenters. The second-order valence-electron chi connectivity index (χ2n) is 18.8. The van der Waals surface area contributed by atoms with Crippen molar-refractivity contribution >= 4 is 54.0 Å². The summed E-state index contributed by atoms with van der Waals surface area (Å²) >= 11 is 0. The quantitative estimate of drug-likeness (QED) is 0.0938. The van der Waals surface area contributed by atoms with E-state index in [9.17, 15) is 19.5 Å². The maximum atomic E-state index is 15.7. The second-order valence-corrected chi connectivity index (χ2v) is 23.5. The predicted octanol–water partition coefficient (Wildman–Crippen LogP) is 5.75. The number of hydrogen-bond donors (Lipinski definition) is 5. The van der Waals surface area contributed by atoms with Crippen molar-refractivity contribution in [2.45, 2.75) is 82.5 Å². The largest absolute Gasteiger partial charge is 0.497 e. The van der Waals surface area contributed by atoms with E-state index >= 15 is 4.79 Å². The van der Waals surface area contributed by atoms with Gasteiger partial charge in [0, 0.05) is 49.0 Å². The van der Waals surface area contributed by atoms with Gasteiger partial charge < -0.3 is 45.6 Å². The summed E-state index contributed by atoms with van der Waals surface area (Å²) in [6, 6.07) is 31.1. The number of hydrogen-bond acceptors (Lipinski definition) is 9. The molecule has 0 bridgehead atoms. The van der Waals surface area contributed by atoms with Gasteiger partial charge in [-0.25, -0.2) is 0 Å². The maximum absolute atomic E-state index is 15.7. The molecule has 2 unspecified atom stereocenters. The second kappa shape index (κ2) is 20.0. The van der Waals surface area contributed by atoms with Crippen LogP contribution >= 0.6 is 0 Å². The maximum Gasteiger partial charge on any atom is 0.264 e. The molecule has 4 aliphatic heterocycles. The SMILES string of the molecule is COc1ccc([Si](C)(C)[C@@H]2[C@@H](CC(=O)N(CCO)Cc3ccccc3)O[C@]3(C(=O)N(Cc4ccc(NC(=O)C5CCCNC5)cc4)c4ccc(NC(=O)C5CCCNC5)cc43)[C@H]2C)cc1. The molecule has 8 rings (SSSR count). The van der Waals surface area contributed by atoms with Crippen LogP contribution in [0.4, 0.5) is 17.1 Å². The minimum atomic E-state index is -2.62. The number of benzene rings is 4. The van der Waals surface area contributed by atoms with Crippen molar-refractivity contribution in [1.29, 1.82) is 0 Å². The first-order valence-electron chi connectivity index (χ1n) is 23.3. The molecule has 4 aliphatic rings. The molecule has 4 amide bonds. The Bertz CT molecular complexity index is 2320. The molecule has 13 nitrogen and oxygen atoms in total. The molecule has 4 heterocycles. The van der Waals surface area contributed by atoms with Crippen LogP contribution in [0.25, 0.3) is 0 Å². The highest BCUT2D eigenvalue weighted by atomic mass is 28.3. The fraction of sp³-hybridized carbons (Fsp3) is 0.451. The van der Waals surface area contributed by atoms with E-state index in [1.54, 1.807) is 16.9 Å². The highest BCUT2D eigenvalue weighted by Gasteiger charge is 2.66. The summed E-state index contributed by atoms with van der Waals surface area (Å²) in [7, 11) is -0.982. The fourth-order valence-electron chi connectivity index (χ4n) is 10.8. The number of aliphatic hydroxyl groups excluding tert-OH is 1. The van der Waals surface area contributed by atoms with Crippen LogP contribution in [0.15, 0.2) is 97.1 Å².